The van der Waals surface area contributed by atoms with Crippen LogP contribution in [0.5, 0.6) is 0 Å². The van der Waals surface area contributed by atoms with Crippen molar-refractivity contribution in [3.05, 3.63) is 0 Å². The van der Waals surface area contributed by atoms with Crippen LogP contribution < -0.4 is 5.32 Å². The van der Waals surface area contributed by atoms with Gasteiger partial charge in [0.05, 0.1) is 0 Å². The second-order valence-electron chi connectivity index (χ2n) is 5.80. The SMILES string of the molecule is CCC(NC1CC2CCC1C2)C1CC1. The van der Waals surface area contributed by atoms with E-state index in [9.17, 15) is 0 Å². The van der Waals surface area contributed by atoms with Gasteiger partial charge in [0, 0.05) is 12.1 Å². The van der Waals surface area contributed by atoms with Gasteiger partial charge in [-0.05, 0) is 56.3 Å². The number of fused-ring (bicyclic) bond motifs is 2. The first-order valence-corrected chi connectivity index (χ1v) is 6.63. The largest absolute Gasteiger partial charge is 0.311 e. The molecule has 0 heterocycles. The fourth-order valence-corrected chi connectivity index (χ4v) is 3.81. The van der Waals surface area contributed by atoms with Crippen molar-refractivity contribution < 1.29 is 0 Å². The van der Waals surface area contributed by atoms with Crippen molar-refractivity contribution in [1.29, 1.82) is 0 Å². The highest BCUT2D eigenvalue weighted by Gasteiger charge is 2.41. The first-order valence-electron chi connectivity index (χ1n) is 6.63. The molecule has 0 saturated heterocycles. The third-order valence-electron chi connectivity index (χ3n) is 4.80. The van der Waals surface area contributed by atoms with Gasteiger partial charge in [0.2, 0.25) is 0 Å². The molecule has 4 atom stereocenters. The van der Waals surface area contributed by atoms with Gasteiger partial charge in [0.25, 0.3) is 0 Å². The molecule has 14 heavy (non-hydrogen) atoms. The monoisotopic (exact) mass is 193 g/mol. The molecule has 1 N–H and O–H groups in total. The number of nitrogens with one attached hydrogen (secondary N) is 1. The Morgan fingerprint density at radius 1 is 1.14 bits per heavy atom. The van der Waals surface area contributed by atoms with Crippen LogP contribution >= 0.6 is 0 Å². The van der Waals surface area contributed by atoms with Crippen molar-refractivity contribution in [3.63, 3.8) is 0 Å². The Kier molecular flexibility index (Phi) is 2.31. The molecule has 0 aromatic carbocycles. The molecule has 2 bridgehead atoms. The Morgan fingerprint density at radius 2 is 2.00 bits per heavy atom. The van der Waals surface area contributed by atoms with Crippen LogP contribution in [0.4, 0.5) is 0 Å². The van der Waals surface area contributed by atoms with Gasteiger partial charge < -0.3 is 5.32 Å². The van der Waals surface area contributed by atoms with Crippen LogP contribution in [0.2, 0.25) is 0 Å². The number of rotatable bonds is 4. The lowest BCUT2D eigenvalue weighted by atomic mass is 9.94. The van der Waals surface area contributed by atoms with E-state index >= 15 is 0 Å². The molecule has 1 nitrogen and oxygen atoms in total. The van der Waals surface area contributed by atoms with E-state index in [0.717, 1.165) is 29.8 Å². The zero-order chi connectivity index (χ0) is 9.54. The van der Waals surface area contributed by atoms with Gasteiger partial charge in [0.1, 0.15) is 0 Å². The summed E-state index contributed by atoms with van der Waals surface area (Å²) >= 11 is 0. The number of hydrogen-bond donors (Lipinski definition) is 1. The lowest BCUT2D eigenvalue weighted by molar-refractivity contribution is 0.298. The van der Waals surface area contributed by atoms with E-state index in [1.807, 2.05) is 0 Å². The fourth-order valence-electron chi connectivity index (χ4n) is 3.81. The maximum absolute atomic E-state index is 3.96. The summed E-state index contributed by atoms with van der Waals surface area (Å²) in [6.45, 7) is 2.35. The van der Waals surface area contributed by atoms with E-state index in [1.54, 1.807) is 6.42 Å². The molecule has 1 heteroatoms. The van der Waals surface area contributed by atoms with Crippen molar-refractivity contribution in [2.75, 3.05) is 0 Å². The van der Waals surface area contributed by atoms with Crippen LogP contribution in [-0.2, 0) is 0 Å². The minimum atomic E-state index is 0.861. The van der Waals surface area contributed by atoms with E-state index in [-0.39, 0.29) is 0 Å². The summed E-state index contributed by atoms with van der Waals surface area (Å²) in [6, 6.07) is 1.76. The Morgan fingerprint density at radius 3 is 2.50 bits per heavy atom. The van der Waals surface area contributed by atoms with Gasteiger partial charge >= 0.3 is 0 Å². The minimum Gasteiger partial charge on any atom is -0.311 e. The fraction of sp³-hybridized carbons (Fsp3) is 1.00. The molecule has 3 saturated carbocycles. The minimum absolute atomic E-state index is 0.861. The highest BCUT2D eigenvalue weighted by molar-refractivity contribution is 4.97. The lowest BCUT2D eigenvalue weighted by Crippen LogP contribution is -2.42. The molecule has 80 valence electrons. The maximum atomic E-state index is 3.96. The average Bonchev–Trinajstić information content (AvgIpc) is 2.84. The summed E-state index contributed by atoms with van der Waals surface area (Å²) in [5.74, 6) is 3.18. The molecule has 0 radical (unpaired) electrons. The quantitative estimate of drug-likeness (QED) is 0.724. The van der Waals surface area contributed by atoms with Gasteiger partial charge in [-0.2, -0.15) is 0 Å². The van der Waals surface area contributed by atoms with E-state index in [0.29, 0.717) is 0 Å². The van der Waals surface area contributed by atoms with Crippen molar-refractivity contribution in [2.45, 2.75) is 64.0 Å². The highest BCUT2D eigenvalue weighted by atomic mass is 15.0. The highest BCUT2D eigenvalue weighted by Crippen LogP contribution is 2.45. The first-order chi connectivity index (χ1) is 6.86. The normalized spacial score (nSPS) is 43.1. The molecule has 3 aliphatic carbocycles. The second kappa shape index (κ2) is 3.52. The van der Waals surface area contributed by atoms with E-state index in [1.165, 1.54) is 38.5 Å². The zero-order valence-corrected chi connectivity index (χ0v) is 9.34. The van der Waals surface area contributed by atoms with Crippen molar-refractivity contribution >= 4 is 0 Å². The summed E-state index contributed by atoms with van der Waals surface area (Å²) in [7, 11) is 0. The Labute approximate surface area is 87.7 Å². The summed E-state index contributed by atoms with van der Waals surface area (Å²) in [5, 5.41) is 3.96. The summed E-state index contributed by atoms with van der Waals surface area (Å²) in [5.41, 5.74) is 0. The summed E-state index contributed by atoms with van der Waals surface area (Å²) in [4.78, 5) is 0. The van der Waals surface area contributed by atoms with E-state index in [2.05, 4.69) is 12.2 Å². The van der Waals surface area contributed by atoms with Crippen molar-refractivity contribution in [2.24, 2.45) is 17.8 Å². The van der Waals surface area contributed by atoms with Crippen LogP contribution in [0.15, 0.2) is 0 Å². The topological polar surface area (TPSA) is 12.0 Å². The summed E-state index contributed by atoms with van der Waals surface area (Å²) < 4.78 is 0. The lowest BCUT2D eigenvalue weighted by Gasteiger charge is -2.28. The maximum Gasteiger partial charge on any atom is 0.0101 e. The van der Waals surface area contributed by atoms with E-state index < -0.39 is 0 Å². The second-order valence-corrected chi connectivity index (χ2v) is 5.80. The molecule has 3 rings (SSSR count). The van der Waals surface area contributed by atoms with Crippen molar-refractivity contribution in [3.8, 4) is 0 Å². The molecule has 3 aliphatic rings. The standard InChI is InChI=1S/C13H23N/c1-2-12(10-5-6-10)14-13-8-9-3-4-11(13)7-9/h9-14H,2-8H2,1H3. The average molecular weight is 193 g/mol. The van der Waals surface area contributed by atoms with Gasteiger partial charge in [-0.1, -0.05) is 13.3 Å². The van der Waals surface area contributed by atoms with Crippen LogP contribution in [0, 0.1) is 17.8 Å². The van der Waals surface area contributed by atoms with Crippen LogP contribution in [-0.4, -0.2) is 12.1 Å². The van der Waals surface area contributed by atoms with Crippen molar-refractivity contribution in [1.82, 2.24) is 5.32 Å². The molecule has 0 aromatic rings. The Balaban J connectivity index is 1.56. The third kappa shape index (κ3) is 1.60. The van der Waals surface area contributed by atoms with Gasteiger partial charge in [-0.3, -0.25) is 0 Å². The molecule has 0 amide bonds. The first kappa shape index (κ1) is 9.21. The molecular formula is C13H23N. The van der Waals surface area contributed by atoms with Crippen LogP contribution in [0.25, 0.3) is 0 Å². The Hall–Kier alpha value is -0.0400. The molecule has 3 fully saturated rings. The smallest absolute Gasteiger partial charge is 0.0101 e. The van der Waals surface area contributed by atoms with E-state index in [4.69, 9.17) is 0 Å². The van der Waals surface area contributed by atoms with Gasteiger partial charge in [-0.25, -0.2) is 0 Å². The van der Waals surface area contributed by atoms with Gasteiger partial charge in [-0.15, -0.1) is 0 Å². The Bertz CT molecular complexity index is 209. The number of hydrogen-bond acceptors (Lipinski definition) is 1. The molecule has 4 unspecified atom stereocenters. The van der Waals surface area contributed by atoms with Crippen LogP contribution in [0.1, 0.15) is 51.9 Å². The molecular weight excluding hydrogens is 170 g/mol. The predicted octanol–water partition coefficient (Wildman–Crippen LogP) is 2.95. The van der Waals surface area contributed by atoms with Gasteiger partial charge in [0.15, 0.2) is 0 Å². The zero-order valence-electron chi connectivity index (χ0n) is 9.34. The molecule has 0 spiro atoms. The molecule has 0 aromatic heterocycles. The predicted molar refractivity (Wildman–Crippen MR) is 59.2 cm³/mol. The third-order valence-corrected chi connectivity index (χ3v) is 4.80. The summed E-state index contributed by atoms with van der Waals surface area (Å²) in [6.07, 6.45) is 10.4. The molecule has 0 aliphatic heterocycles. The van der Waals surface area contributed by atoms with Crippen LogP contribution in [0.3, 0.4) is 0 Å².